The van der Waals surface area contributed by atoms with Gasteiger partial charge in [0.2, 0.25) is 5.91 Å². The molecule has 3 atom stereocenters. The molecule has 0 radical (unpaired) electrons. The fourth-order valence-corrected chi connectivity index (χ4v) is 7.32. The van der Waals surface area contributed by atoms with Crippen molar-refractivity contribution >= 4 is 34.4 Å². The van der Waals surface area contributed by atoms with Crippen LogP contribution in [-0.2, 0) is 15.7 Å². The maximum Gasteiger partial charge on any atom is 0.417 e. The summed E-state index contributed by atoms with van der Waals surface area (Å²) in [7, 11) is 1.53. The molecule has 2 aliphatic rings. The molecule has 212 valence electrons. The molecule has 40 heavy (non-hydrogen) atoms. The first-order valence-corrected chi connectivity index (χ1v) is 14.0. The largest absolute Gasteiger partial charge is 0.417 e. The summed E-state index contributed by atoms with van der Waals surface area (Å²) in [5, 5.41) is 0.259. The van der Waals surface area contributed by atoms with Crippen molar-refractivity contribution in [1.29, 1.82) is 0 Å². The molecule has 5 rings (SSSR count). The molecule has 7 nitrogen and oxygen atoms in total. The quantitative estimate of drug-likeness (QED) is 0.387. The van der Waals surface area contributed by atoms with Gasteiger partial charge in [0.25, 0.3) is 0 Å². The molecule has 3 unspecified atom stereocenters. The second-order valence-corrected chi connectivity index (χ2v) is 11.5. The number of hydrogen-bond donors (Lipinski definition) is 0. The standard InChI is InChI=1S/C29H31F3N4O3S/c1-6-23(37)35-17(3)12-34(13-18(35)4)27-21-11-22(29(30,31)32)24(19-9-7-8-16(2)10-19)26-25(21)36(28(38)33-27)20(14-39-5)15-40-26/h6-11,17-18,20H,1,12-15H2,2-5H3. The monoisotopic (exact) mass is 572 g/mol. The predicted octanol–water partition coefficient (Wildman–Crippen LogP) is 5.30. The summed E-state index contributed by atoms with van der Waals surface area (Å²) in [6, 6.07) is 7.19. The van der Waals surface area contributed by atoms with E-state index < -0.39 is 17.4 Å². The highest BCUT2D eigenvalue weighted by Crippen LogP contribution is 2.50. The molecule has 3 aromatic rings. The van der Waals surface area contributed by atoms with Crippen molar-refractivity contribution in [1.82, 2.24) is 14.5 Å². The van der Waals surface area contributed by atoms with E-state index >= 15 is 0 Å². The third-order valence-electron chi connectivity index (χ3n) is 7.55. The Hall–Kier alpha value is -3.31. The Morgan fingerprint density at radius 3 is 2.52 bits per heavy atom. The van der Waals surface area contributed by atoms with E-state index in [-0.39, 0.29) is 47.4 Å². The Bertz CT molecular complexity index is 1540. The minimum atomic E-state index is -4.65. The minimum Gasteiger partial charge on any atom is -0.383 e. The summed E-state index contributed by atoms with van der Waals surface area (Å²) >= 11 is 1.31. The third-order valence-corrected chi connectivity index (χ3v) is 8.79. The van der Waals surface area contributed by atoms with Gasteiger partial charge in [-0.2, -0.15) is 18.2 Å². The number of rotatable bonds is 5. The van der Waals surface area contributed by atoms with Crippen LogP contribution in [0.3, 0.4) is 0 Å². The number of piperazine rings is 1. The third kappa shape index (κ3) is 4.79. The first-order chi connectivity index (χ1) is 19.0. The van der Waals surface area contributed by atoms with E-state index in [0.29, 0.717) is 34.8 Å². The maximum atomic E-state index is 14.8. The first-order valence-electron chi connectivity index (χ1n) is 13.0. The number of halogens is 3. The van der Waals surface area contributed by atoms with Gasteiger partial charge in [0, 0.05) is 53.9 Å². The van der Waals surface area contributed by atoms with Crippen LogP contribution in [0, 0.1) is 6.92 Å². The zero-order chi connectivity index (χ0) is 28.9. The molecule has 3 heterocycles. The van der Waals surface area contributed by atoms with E-state index in [0.717, 1.165) is 11.6 Å². The predicted molar refractivity (Wildman–Crippen MR) is 151 cm³/mol. The number of aromatic nitrogens is 2. The Morgan fingerprint density at radius 1 is 1.23 bits per heavy atom. The molecule has 11 heteroatoms. The number of carbonyl (C=O) groups is 1. The number of amides is 1. The Labute approximate surface area is 234 Å². The number of aryl methyl sites for hydroxylation is 1. The van der Waals surface area contributed by atoms with Gasteiger partial charge >= 0.3 is 11.9 Å². The van der Waals surface area contributed by atoms with Gasteiger partial charge in [0.15, 0.2) is 0 Å². The second kappa shape index (κ2) is 10.6. The number of thioether (sulfide) groups is 1. The molecule has 1 amide bonds. The van der Waals surface area contributed by atoms with E-state index in [1.54, 1.807) is 23.1 Å². The zero-order valence-electron chi connectivity index (χ0n) is 22.8. The smallest absolute Gasteiger partial charge is 0.383 e. The average Bonchev–Trinajstić information content (AvgIpc) is 2.89. The van der Waals surface area contributed by atoms with Crippen LogP contribution in [0.15, 0.2) is 52.7 Å². The lowest BCUT2D eigenvalue weighted by atomic mass is 9.95. The Balaban J connectivity index is 1.82. The number of benzene rings is 2. The number of methoxy groups -OCH3 is 1. The fraction of sp³-hybridized carbons (Fsp3) is 0.414. The molecular formula is C29H31F3N4O3S. The van der Waals surface area contributed by atoms with Gasteiger partial charge in [-0.3, -0.25) is 9.36 Å². The first kappa shape index (κ1) is 28.2. The molecular weight excluding hydrogens is 541 g/mol. The van der Waals surface area contributed by atoms with Crippen LogP contribution in [0.1, 0.15) is 31.0 Å². The van der Waals surface area contributed by atoms with Crippen molar-refractivity contribution in [3.05, 3.63) is 64.6 Å². The van der Waals surface area contributed by atoms with E-state index in [4.69, 9.17) is 4.74 Å². The van der Waals surface area contributed by atoms with E-state index in [1.165, 1.54) is 29.5 Å². The summed E-state index contributed by atoms with van der Waals surface area (Å²) in [5.41, 5.74) is 0.469. The number of ether oxygens (including phenoxy) is 1. The number of nitrogens with zero attached hydrogens (tertiary/aromatic N) is 4. The number of alkyl halides is 3. The van der Waals surface area contributed by atoms with Crippen molar-refractivity contribution in [2.45, 2.75) is 50.0 Å². The van der Waals surface area contributed by atoms with Crippen LogP contribution in [0.2, 0.25) is 0 Å². The summed E-state index contributed by atoms with van der Waals surface area (Å²) in [4.78, 5) is 34.4. The molecule has 1 fully saturated rings. The van der Waals surface area contributed by atoms with Gasteiger partial charge < -0.3 is 14.5 Å². The van der Waals surface area contributed by atoms with Crippen LogP contribution < -0.4 is 10.6 Å². The van der Waals surface area contributed by atoms with Crippen molar-refractivity contribution in [2.75, 3.05) is 37.5 Å². The van der Waals surface area contributed by atoms with Crippen molar-refractivity contribution in [3.8, 4) is 11.1 Å². The second-order valence-electron chi connectivity index (χ2n) is 10.5. The van der Waals surface area contributed by atoms with Gasteiger partial charge in [-0.05, 0) is 38.5 Å². The van der Waals surface area contributed by atoms with Gasteiger partial charge in [0.1, 0.15) is 5.82 Å². The molecule has 0 N–H and O–H groups in total. The Morgan fingerprint density at radius 2 is 1.93 bits per heavy atom. The highest BCUT2D eigenvalue weighted by molar-refractivity contribution is 7.99. The minimum absolute atomic E-state index is 0.0676. The highest BCUT2D eigenvalue weighted by Gasteiger charge is 2.40. The van der Waals surface area contributed by atoms with Crippen LogP contribution in [-0.4, -0.2) is 65.0 Å². The van der Waals surface area contributed by atoms with Gasteiger partial charge in [-0.15, -0.1) is 11.8 Å². The van der Waals surface area contributed by atoms with Crippen LogP contribution in [0.4, 0.5) is 19.0 Å². The number of hydrogen-bond acceptors (Lipinski definition) is 6. The summed E-state index contributed by atoms with van der Waals surface area (Å²) in [5.74, 6) is 0.348. The van der Waals surface area contributed by atoms with Crippen molar-refractivity contribution in [2.24, 2.45) is 0 Å². The van der Waals surface area contributed by atoms with Gasteiger partial charge in [-0.1, -0.05) is 36.4 Å². The number of anilines is 1. The van der Waals surface area contributed by atoms with Gasteiger partial charge in [0.05, 0.1) is 23.7 Å². The molecule has 1 aromatic heterocycles. The SMILES string of the molecule is C=CC(=O)N1C(C)CN(c2nc(=O)n3c4c(c(-c5cccc(C)c5)c(C(F)(F)F)cc24)SCC3COC)CC1C. The van der Waals surface area contributed by atoms with Gasteiger partial charge in [-0.25, -0.2) is 4.79 Å². The molecule has 1 saturated heterocycles. The summed E-state index contributed by atoms with van der Waals surface area (Å²) < 4.78 is 51.2. The normalized spacial score (nSPS) is 21.1. The van der Waals surface area contributed by atoms with Crippen molar-refractivity contribution < 1.29 is 22.7 Å². The molecule has 2 aromatic carbocycles. The molecule has 0 spiro atoms. The molecule has 2 aliphatic heterocycles. The average molecular weight is 573 g/mol. The lowest BCUT2D eigenvalue weighted by Gasteiger charge is -2.45. The fourth-order valence-electron chi connectivity index (χ4n) is 5.99. The van der Waals surface area contributed by atoms with E-state index in [1.807, 2.05) is 31.7 Å². The highest BCUT2D eigenvalue weighted by atomic mass is 32.2. The summed E-state index contributed by atoms with van der Waals surface area (Å²) in [6.07, 6.45) is -3.40. The van der Waals surface area contributed by atoms with Crippen molar-refractivity contribution in [3.63, 3.8) is 0 Å². The Kier molecular flexibility index (Phi) is 7.47. The van der Waals surface area contributed by atoms with Crippen LogP contribution >= 0.6 is 11.8 Å². The molecule has 0 saturated carbocycles. The number of carbonyl (C=O) groups excluding carboxylic acids is 1. The van der Waals surface area contributed by atoms with E-state index in [9.17, 15) is 22.8 Å². The maximum absolute atomic E-state index is 14.8. The lowest BCUT2D eigenvalue weighted by Crippen LogP contribution is -2.58. The molecule has 0 bridgehead atoms. The summed E-state index contributed by atoms with van der Waals surface area (Å²) in [6.45, 7) is 9.98. The molecule has 0 aliphatic carbocycles. The van der Waals surface area contributed by atoms with E-state index in [2.05, 4.69) is 11.6 Å². The lowest BCUT2D eigenvalue weighted by molar-refractivity contribution is -0.137. The van der Waals surface area contributed by atoms with Crippen LogP contribution in [0.25, 0.3) is 22.0 Å². The van der Waals surface area contributed by atoms with Crippen LogP contribution in [0.5, 0.6) is 0 Å². The zero-order valence-corrected chi connectivity index (χ0v) is 23.6. The topological polar surface area (TPSA) is 67.7 Å².